The van der Waals surface area contributed by atoms with Crippen LogP contribution in [-0.2, 0) is 0 Å². The highest BCUT2D eigenvalue weighted by Gasteiger charge is 2.16. The van der Waals surface area contributed by atoms with Gasteiger partial charge in [0, 0.05) is 11.6 Å². The molecule has 21 heavy (non-hydrogen) atoms. The van der Waals surface area contributed by atoms with Gasteiger partial charge in [-0.2, -0.15) is 0 Å². The average molecular weight is 304 g/mol. The molecule has 0 aliphatic rings. The van der Waals surface area contributed by atoms with Crippen LogP contribution in [0.4, 0.5) is 5.69 Å². The quantitative estimate of drug-likeness (QED) is 0.928. The molecule has 0 saturated carbocycles. The Kier molecular flexibility index (Phi) is 4.58. The van der Waals surface area contributed by atoms with Crippen LogP contribution in [-0.4, -0.2) is 15.9 Å². The number of carbonyl (C=O) groups excluding carboxylic acids is 1. The third-order valence-electron chi connectivity index (χ3n) is 3.35. The number of carbonyl (C=O) groups is 1. The molecule has 0 unspecified atom stereocenters. The molecule has 0 aliphatic carbocycles. The first-order valence-electron chi connectivity index (χ1n) is 6.80. The zero-order valence-electron chi connectivity index (χ0n) is 12.6. The van der Waals surface area contributed by atoms with Crippen LogP contribution in [0.2, 0.25) is 5.02 Å². The van der Waals surface area contributed by atoms with Crippen molar-refractivity contribution in [2.24, 2.45) is 0 Å². The third kappa shape index (κ3) is 3.39. The lowest BCUT2D eigenvalue weighted by molar-refractivity contribution is 0.102. The van der Waals surface area contributed by atoms with Gasteiger partial charge in [-0.15, -0.1) is 0 Å². The molecule has 110 valence electrons. The summed E-state index contributed by atoms with van der Waals surface area (Å²) in [6, 6.07) is 5.76. The molecule has 2 aromatic rings. The highest BCUT2D eigenvalue weighted by molar-refractivity contribution is 6.33. The number of nitrogens with one attached hydrogen (secondary N) is 1. The number of benzene rings is 1. The minimum absolute atomic E-state index is 0.134. The number of amides is 1. The second-order valence-corrected chi connectivity index (χ2v) is 5.69. The summed E-state index contributed by atoms with van der Waals surface area (Å²) in [7, 11) is 0. The normalized spacial score (nSPS) is 10.8. The fourth-order valence-electron chi connectivity index (χ4n) is 1.89. The summed E-state index contributed by atoms with van der Waals surface area (Å²) in [5.41, 5.74) is 3.11. The van der Waals surface area contributed by atoms with E-state index in [4.69, 9.17) is 11.6 Å². The lowest BCUT2D eigenvalue weighted by Gasteiger charge is -2.11. The molecule has 0 spiro atoms. The fourth-order valence-corrected chi connectivity index (χ4v) is 2.06. The second-order valence-electron chi connectivity index (χ2n) is 5.28. The molecule has 1 aromatic carbocycles. The molecule has 0 fully saturated rings. The van der Waals surface area contributed by atoms with Crippen LogP contribution in [0.3, 0.4) is 0 Å². The standard InChI is InChI=1S/C16H18ClN3O/c1-9(2)15-18-8-12(17)14(20-15)16(21)19-13-7-5-6-10(3)11(13)4/h5-9H,1-4H3,(H,19,21). The first-order chi connectivity index (χ1) is 9.90. The van der Waals surface area contributed by atoms with Gasteiger partial charge in [0.25, 0.3) is 5.91 Å². The number of anilines is 1. The molecule has 4 nitrogen and oxygen atoms in total. The lowest BCUT2D eigenvalue weighted by atomic mass is 10.1. The summed E-state index contributed by atoms with van der Waals surface area (Å²) in [6.45, 7) is 7.90. The van der Waals surface area contributed by atoms with Gasteiger partial charge in [-0.25, -0.2) is 9.97 Å². The summed E-state index contributed by atoms with van der Waals surface area (Å²) in [6.07, 6.45) is 1.47. The summed E-state index contributed by atoms with van der Waals surface area (Å²) < 4.78 is 0. The van der Waals surface area contributed by atoms with E-state index in [0.29, 0.717) is 5.82 Å². The SMILES string of the molecule is Cc1cccc(NC(=O)c2nc(C(C)C)ncc2Cl)c1C. The van der Waals surface area contributed by atoms with Crippen molar-refractivity contribution in [2.75, 3.05) is 5.32 Å². The fraction of sp³-hybridized carbons (Fsp3) is 0.312. The van der Waals surface area contributed by atoms with Gasteiger partial charge in [0.2, 0.25) is 0 Å². The molecule has 1 N–H and O–H groups in total. The maximum Gasteiger partial charge on any atom is 0.275 e. The minimum Gasteiger partial charge on any atom is -0.320 e. The van der Waals surface area contributed by atoms with Crippen molar-refractivity contribution in [1.29, 1.82) is 0 Å². The number of halogens is 1. The second kappa shape index (κ2) is 6.22. The van der Waals surface area contributed by atoms with Crippen LogP contribution >= 0.6 is 11.6 Å². The molecular weight excluding hydrogens is 286 g/mol. The van der Waals surface area contributed by atoms with E-state index < -0.39 is 0 Å². The summed E-state index contributed by atoms with van der Waals surface area (Å²) in [5, 5.41) is 3.11. The molecule has 1 aromatic heterocycles. The molecule has 1 amide bonds. The Labute approximate surface area is 129 Å². The Morgan fingerprint density at radius 3 is 2.67 bits per heavy atom. The van der Waals surface area contributed by atoms with E-state index in [-0.39, 0.29) is 22.5 Å². The van der Waals surface area contributed by atoms with Crippen molar-refractivity contribution in [3.8, 4) is 0 Å². The molecule has 0 bridgehead atoms. The third-order valence-corrected chi connectivity index (χ3v) is 3.62. The van der Waals surface area contributed by atoms with E-state index in [1.165, 1.54) is 6.20 Å². The van der Waals surface area contributed by atoms with Gasteiger partial charge in [-0.3, -0.25) is 4.79 Å². The van der Waals surface area contributed by atoms with Crippen LogP contribution in [0, 0.1) is 13.8 Å². The molecule has 1 heterocycles. The highest BCUT2D eigenvalue weighted by Crippen LogP contribution is 2.21. The molecule has 0 radical (unpaired) electrons. The molecule has 0 saturated heterocycles. The van der Waals surface area contributed by atoms with Gasteiger partial charge in [-0.05, 0) is 31.0 Å². The van der Waals surface area contributed by atoms with Crippen LogP contribution in [0.5, 0.6) is 0 Å². The molecule has 0 aliphatic heterocycles. The first kappa shape index (κ1) is 15.4. The Morgan fingerprint density at radius 2 is 2.00 bits per heavy atom. The van der Waals surface area contributed by atoms with E-state index in [1.807, 2.05) is 45.9 Å². The van der Waals surface area contributed by atoms with Gasteiger partial charge < -0.3 is 5.32 Å². The molecule has 0 atom stereocenters. The topological polar surface area (TPSA) is 54.9 Å². The van der Waals surface area contributed by atoms with Crippen molar-refractivity contribution in [3.63, 3.8) is 0 Å². The van der Waals surface area contributed by atoms with Crippen molar-refractivity contribution in [2.45, 2.75) is 33.6 Å². The summed E-state index contributed by atoms with van der Waals surface area (Å²) >= 11 is 6.05. The predicted octanol–water partition coefficient (Wildman–Crippen LogP) is 4.12. The van der Waals surface area contributed by atoms with Crippen molar-refractivity contribution in [1.82, 2.24) is 9.97 Å². The van der Waals surface area contributed by atoms with Crippen LogP contribution in [0.15, 0.2) is 24.4 Å². The van der Waals surface area contributed by atoms with Crippen LogP contribution < -0.4 is 5.32 Å². The summed E-state index contributed by atoms with van der Waals surface area (Å²) in [4.78, 5) is 20.8. The number of nitrogens with zero attached hydrogens (tertiary/aromatic N) is 2. The Bertz CT molecular complexity index is 683. The lowest BCUT2D eigenvalue weighted by Crippen LogP contribution is -2.17. The molecule has 2 rings (SSSR count). The van der Waals surface area contributed by atoms with Crippen molar-refractivity contribution in [3.05, 3.63) is 52.1 Å². The zero-order valence-corrected chi connectivity index (χ0v) is 13.3. The van der Waals surface area contributed by atoms with Gasteiger partial charge in [0.05, 0.1) is 11.2 Å². The largest absolute Gasteiger partial charge is 0.320 e. The number of hydrogen-bond acceptors (Lipinski definition) is 3. The van der Waals surface area contributed by atoms with Crippen molar-refractivity contribution < 1.29 is 4.79 Å². The van der Waals surface area contributed by atoms with E-state index in [1.54, 1.807) is 0 Å². The minimum atomic E-state index is -0.321. The van der Waals surface area contributed by atoms with Crippen LogP contribution in [0.1, 0.15) is 47.2 Å². The average Bonchev–Trinajstić information content (AvgIpc) is 2.44. The monoisotopic (exact) mass is 303 g/mol. The number of hydrogen-bond donors (Lipinski definition) is 1. The maximum atomic E-state index is 12.4. The smallest absolute Gasteiger partial charge is 0.275 e. The van der Waals surface area contributed by atoms with E-state index >= 15 is 0 Å². The number of aromatic nitrogens is 2. The zero-order chi connectivity index (χ0) is 15.6. The van der Waals surface area contributed by atoms with Crippen LogP contribution in [0.25, 0.3) is 0 Å². The van der Waals surface area contributed by atoms with Gasteiger partial charge in [-0.1, -0.05) is 37.6 Å². The summed E-state index contributed by atoms with van der Waals surface area (Å²) in [5.74, 6) is 0.415. The predicted molar refractivity (Wildman–Crippen MR) is 85.0 cm³/mol. The highest BCUT2D eigenvalue weighted by atomic mass is 35.5. The first-order valence-corrected chi connectivity index (χ1v) is 7.18. The Morgan fingerprint density at radius 1 is 1.29 bits per heavy atom. The van der Waals surface area contributed by atoms with Gasteiger partial charge in [0.1, 0.15) is 5.82 Å². The maximum absolute atomic E-state index is 12.4. The van der Waals surface area contributed by atoms with Crippen molar-refractivity contribution >= 4 is 23.2 Å². The van der Waals surface area contributed by atoms with E-state index in [0.717, 1.165) is 16.8 Å². The Hall–Kier alpha value is -1.94. The van der Waals surface area contributed by atoms with E-state index in [9.17, 15) is 4.79 Å². The van der Waals surface area contributed by atoms with Gasteiger partial charge in [0.15, 0.2) is 5.69 Å². The molecule has 5 heteroatoms. The molecular formula is C16H18ClN3O. The van der Waals surface area contributed by atoms with E-state index in [2.05, 4.69) is 15.3 Å². The number of aryl methyl sites for hydroxylation is 1. The Balaban J connectivity index is 2.32. The number of rotatable bonds is 3. The van der Waals surface area contributed by atoms with Gasteiger partial charge >= 0.3 is 0 Å².